The van der Waals surface area contributed by atoms with E-state index in [0.717, 1.165) is 6.92 Å². The normalized spacial score (nSPS) is 12.4. The molecule has 0 aromatic heterocycles. The molecule has 0 fully saturated rings. The summed E-state index contributed by atoms with van der Waals surface area (Å²) >= 11 is 0. The minimum atomic E-state index is -2.69. The molecule has 0 rings (SSSR count). The molecule has 0 aromatic rings. The summed E-state index contributed by atoms with van der Waals surface area (Å²) < 4.78 is 0. The van der Waals surface area contributed by atoms with E-state index in [1.807, 2.05) is 0 Å². The van der Waals surface area contributed by atoms with Gasteiger partial charge in [-0.2, -0.15) is 5.90 Å². The van der Waals surface area contributed by atoms with Gasteiger partial charge < -0.3 is 25.3 Å². The minimum absolute atomic E-state index is 0.833. The highest BCUT2D eigenvalue weighted by molar-refractivity contribution is 5.88. The molecule has 0 amide bonds. The Balaban J connectivity index is 0. The van der Waals surface area contributed by atoms with Crippen LogP contribution in [0.25, 0.3) is 0 Å². The molecule has 0 heterocycles. The van der Waals surface area contributed by atoms with Crippen molar-refractivity contribution in [2.75, 3.05) is 0 Å². The Labute approximate surface area is 101 Å². The third-order valence-electron chi connectivity index (χ3n) is 1.41. The monoisotopic (exact) mass is 267 g/mol. The van der Waals surface area contributed by atoms with E-state index in [1.165, 1.54) is 0 Å². The van der Waals surface area contributed by atoms with E-state index >= 15 is 0 Å². The Morgan fingerprint density at radius 1 is 1.11 bits per heavy atom. The Kier molecular flexibility index (Phi) is 8.05. The minimum Gasteiger partial charge on any atom is -0.481 e. The maximum atomic E-state index is 10.5. The number of carboxylic acids is 3. The van der Waals surface area contributed by atoms with Gasteiger partial charge in [-0.15, -0.1) is 0 Å². The second-order valence-electron chi connectivity index (χ2n) is 3.09. The van der Waals surface area contributed by atoms with Gasteiger partial charge in [-0.3, -0.25) is 14.4 Å². The molecule has 0 spiro atoms. The van der Waals surface area contributed by atoms with E-state index < -0.39 is 42.3 Å². The van der Waals surface area contributed by atoms with Crippen LogP contribution in [0.1, 0.15) is 19.8 Å². The second kappa shape index (κ2) is 7.97. The van der Waals surface area contributed by atoms with E-state index in [4.69, 9.17) is 20.1 Å². The van der Waals surface area contributed by atoms with Crippen molar-refractivity contribution in [3.8, 4) is 0 Å². The topological polar surface area (TPSA) is 184 Å². The molecule has 0 radical (unpaired) electrons. The SMILES string of the molecule is CC(=O)O.NOC(=O)CC(O)(CC(=O)O)C(=O)O. The number of rotatable bonds is 5. The fourth-order valence-electron chi connectivity index (χ4n) is 0.744. The summed E-state index contributed by atoms with van der Waals surface area (Å²) in [6.07, 6.45) is -2.14. The zero-order valence-corrected chi connectivity index (χ0v) is 9.32. The number of carbonyl (C=O) groups excluding carboxylic acids is 1. The zero-order valence-electron chi connectivity index (χ0n) is 9.32. The summed E-state index contributed by atoms with van der Waals surface area (Å²) in [5.74, 6) is -1.02. The predicted octanol–water partition coefficient (Wildman–Crippen LogP) is -1.83. The maximum absolute atomic E-state index is 10.5. The van der Waals surface area contributed by atoms with Crippen molar-refractivity contribution in [3.05, 3.63) is 0 Å². The van der Waals surface area contributed by atoms with Crippen molar-refractivity contribution in [2.45, 2.75) is 25.4 Å². The predicted molar refractivity (Wildman–Crippen MR) is 53.0 cm³/mol. The van der Waals surface area contributed by atoms with E-state index in [9.17, 15) is 19.5 Å². The first kappa shape index (κ1) is 18.2. The first-order valence-corrected chi connectivity index (χ1v) is 4.31. The zero-order chi connectivity index (χ0) is 14.9. The Morgan fingerprint density at radius 2 is 1.50 bits per heavy atom. The third-order valence-corrected chi connectivity index (χ3v) is 1.41. The summed E-state index contributed by atoms with van der Waals surface area (Å²) in [6, 6.07) is 0. The summed E-state index contributed by atoms with van der Waals surface area (Å²) in [5.41, 5.74) is -2.69. The van der Waals surface area contributed by atoms with Crippen LogP contribution in [0.3, 0.4) is 0 Å². The van der Waals surface area contributed by atoms with Crippen LogP contribution in [-0.2, 0) is 24.0 Å². The van der Waals surface area contributed by atoms with Crippen LogP contribution in [0, 0.1) is 0 Å². The van der Waals surface area contributed by atoms with Gasteiger partial charge in [0.05, 0.1) is 12.8 Å². The summed E-state index contributed by atoms with van der Waals surface area (Å²) in [6.45, 7) is 1.08. The van der Waals surface area contributed by atoms with Crippen molar-refractivity contribution >= 4 is 23.9 Å². The van der Waals surface area contributed by atoms with E-state index in [-0.39, 0.29) is 0 Å². The van der Waals surface area contributed by atoms with Gasteiger partial charge in [-0.1, -0.05) is 0 Å². The molecule has 10 heteroatoms. The highest BCUT2D eigenvalue weighted by Gasteiger charge is 2.41. The molecule has 0 aromatic carbocycles. The molecular formula is C8H13NO9. The first-order valence-electron chi connectivity index (χ1n) is 4.31. The number of aliphatic carboxylic acids is 3. The number of nitrogens with two attached hydrogens (primary N) is 1. The van der Waals surface area contributed by atoms with Gasteiger partial charge in [0.25, 0.3) is 5.97 Å². The van der Waals surface area contributed by atoms with Gasteiger partial charge in [0.1, 0.15) is 0 Å². The Morgan fingerprint density at radius 3 is 1.72 bits per heavy atom. The molecule has 0 saturated carbocycles. The first-order chi connectivity index (χ1) is 8.05. The van der Waals surface area contributed by atoms with Crippen LogP contribution in [0.4, 0.5) is 0 Å². The van der Waals surface area contributed by atoms with Crippen molar-refractivity contribution in [1.29, 1.82) is 0 Å². The molecule has 6 N–H and O–H groups in total. The molecule has 1 atom stereocenters. The lowest BCUT2D eigenvalue weighted by molar-refractivity contribution is -0.172. The average molecular weight is 267 g/mol. The molecule has 0 aliphatic heterocycles. The largest absolute Gasteiger partial charge is 0.481 e. The lowest BCUT2D eigenvalue weighted by atomic mass is 9.96. The molecule has 0 saturated heterocycles. The number of carboxylic acid groups (broad SMARTS) is 3. The number of hydrogen-bond donors (Lipinski definition) is 5. The third kappa shape index (κ3) is 9.06. The summed E-state index contributed by atoms with van der Waals surface area (Å²) in [5, 5.41) is 33.4. The van der Waals surface area contributed by atoms with E-state index in [0.29, 0.717) is 0 Å². The molecular weight excluding hydrogens is 254 g/mol. The average Bonchev–Trinajstić information content (AvgIpc) is 2.14. The van der Waals surface area contributed by atoms with Crippen molar-refractivity contribution in [3.63, 3.8) is 0 Å². The Bertz CT molecular complexity index is 335. The van der Waals surface area contributed by atoms with Crippen LogP contribution in [0.5, 0.6) is 0 Å². The van der Waals surface area contributed by atoms with Gasteiger partial charge in [0.15, 0.2) is 5.60 Å². The molecule has 1 unspecified atom stereocenters. The molecule has 0 aliphatic carbocycles. The summed E-state index contributed by atoms with van der Waals surface area (Å²) in [7, 11) is 0. The van der Waals surface area contributed by atoms with Gasteiger partial charge in [0, 0.05) is 6.92 Å². The number of hydrogen-bond acceptors (Lipinski definition) is 7. The molecule has 104 valence electrons. The van der Waals surface area contributed by atoms with Crippen LogP contribution in [0.2, 0.25) is 0 Å². The van der Waals surface area contributed by atoms with Crippen LogP contribution < -0.4 is 5.90 Å². The highest BCUT2D eigenvalue weighted by Crippen LogP contribution is 2.16. The summed E-state index contributed by atoms with van der Waals surface area (Å²) in [4.78, 5) is 43.8. The van der Waals surface area contributed by atoms with Crippen LogP contribution in [-0.4, -0.2) is 49.9 Å². The smallest absolute Gasteiger partial charge is 0.336 e. The maximum Gasteiger partial charge on any atom is 0.336 e. The molecule has 10 nitrogen and oxygen atoms in total. The van der Waals surface area contributed by atoms with E-state index in [1.54, 1.807) is 0 Å². The quantitative estimate of drug-likeness (QED) is 0.355. The lowest BCUT2D eigenvalue weighted by Gasteiger charge is -2.19. The van der Waals surface area contributed by atoms with Gasteiger partial charge in [-0.25, -0.2) is 4.79 Å². The van der Waals surface area contributed by atoms with Crippen LogP contribution in [0.15, 0.2) is 0 Å². The second-order valence-corrected chi connectivity index (χ2v) is 3.09. The van der Waals surface area contributed by atoms with Gasteiger partial charge >= 0.3 is 17.9 Å². The fraction of sp³-hybridized carbons (Fsp3) is 0.500. The lowest BCUT2D eigenvalue weighted by Crippen LogP contribution is -2.43. The number of carbonyl (C=O) groups is 4. The number of aliphatic hydroxyl groups is 1. The molecule has 18 heavy (non-hydrogen) atoms. The standard InChI is InChI=1S/C6H9NO7.C2H4O2/c7-14-4(10)2-6(13,5(11)12)1-3(8)9;1-2(3)4/h13H,1-2,7H2,(H,8,9)(H,11,12);1H3,(H,3,4). The molecule has 0 bridgehead atoms. The Hall–Kier alpha value is -2.20. The molecule has 0 aliphatic rings. The fourth-order valence-corrected chi connectivity index (χ4v) is 0.744. The van der Waals surface area contributed by atoms with Crippen molar-refractivity contribution < 1.29 is 44.4 Å². The van der Waals surface area contributed by atoms with Crippen molar-refractivity contribution in [2.24, 2.45) is 5.90 Å². The van der Waals surface area contributed by atoms with Crippen LogP contribution >= 0.6 is 0 Å². The highest BCUT2D eigenvalue weighted by atomic mass is 16.7. The van der Waals surface area contributed by atoms with E-state index in [2.05, 4.69) is 10.7 Å². The van der Waals surface area contributed by atoms with Gasteiger partial charge in [0.2, 0.25) is 0 Å². The van der Waals surface area contributed by atoms with Gasteiger partial charge in [-0.05, 0) is 0 Å². The van der Waals surface area contributed by atoms with Crippen molar-refractivity contribution in [1.82, 2.24) is 0 Å².